The second kappa shape index (κ2) is 8.81. The average molecular weight is 457 g/mol. The molecule has 1 saturated heterocycles. The number of likely N-dealkylation sites (tertiary alicyclic amines) is 1. The molecule has 1 heterocycles. The van der Waals surface area contributed by atoms with E-state index in [-0.39, 0.29) is 29.1 Å². The second-order valence-electron chi connectivity index (χ2n) is 8.61. The Kier molecular flexibility index (Phi) is 6.99. The molecule has 2 atom stereocenters. The first-order chi connectivity index (χ1) is 14.2. The number of sulfone groups is 1. The molecular weight excluding hydrogens is 428 g/mol. The van der Waals surface area contributed by atoms with Crippen LogP contribution in [0, 0.1) is 16.0 Å². The molecule has 0 N–H and O–H groups in total. The average Bonchev–Trinajstić information content (AvgIpc) is 3.10. The zero-order valence-electron chi connectivity index (χ0n) is 18.4. The van der Waals surface area contributed by atoms with E-state index in [9.17, 15) is 28.1 Å². The summed E-state index contributed by atoms with van der Waals surface area (Å²) in [5, 5.41) is 10.6. The molecule has 0 bridgehead atoms. The molecule has 172 valence electrons. The number of rotatable bonds is 5. The number of non-ortho nitro benzene ring substituents is 1. The van der Waals surface area contributed by atoms with Gasteiger partial charge in [-0.25, -0.2) is 13.2 Å². The van der Waals surface area contributed by atoms with Gasteiger partial charge in [-0.15, -0.1) is 0 Å². The first-order valence-electron chi connectivity index (χ1n) is 9.80. The number of esters is 1. The molecule has 1 amide bonds. The van der Waals surface area contributed by atoms with Crippen LogP contribution in [0.1, 0.15) is 52.6 Å². The Bertz CT molecular complexity index is 981. The zero-order chi connectivity index (χ0) is 23.7. The van der Waals surface area contributed by atoms with Gasteiger partial charge < -0.3 is 14.4 Å². The highest BCUT2D eigenvalue weighted by molar-refractivity contribution is 7.92. The van der Waals surface area contributed by atoms with Gasteiger partial charge in [0.15, 0.2) is 9.84 Å². The van der Waals surface area contributed by atoms with Crippen LogP contribution < -0.4 is 0 Å². The minimum Gasteiger partial charge on any atom is -0.469 e. The number of nitro benzene ring substituents is 1. The Morgan fingerprint density at radius 3 is 2.35 bits per heavy atom. The molecular formula is C20H28N2O8S. The largest absolute Gasteiger partial charge is 0.469 e. The van der Waals surface area contributed by atoms with Gasteiger partial charge in [0, 0.05) is 24.2 Å². The van der Waals surface area contributed by atoms with E-state index in [1.54, 1.807) is 20.8 Å². The van der Waals surface area contributed by atoms with Gasteiger partial charge >= 0.3 is 12.1 Å². The number of nitrogens with zero attached hydrogens (tertiary/aromatic N) is 2. The number of hydrogen-bond donors (Lipinski definition) is 0. The smallest absolute Gasteiger partial charge is 0.410 e. The Hall–Kier alpha value is -2.69. The fourth-order valence-electron chi connectivity index (χ4n) is 3.49. The van der Waals surface area contributed by atoms with Gasteiger partial charge in [-0.1, -0.05) is 0 Å². The third-order valence-electron chi connectivity index (χ3n) is 4.98. The lowest BCUT2D eigenvalue weighted by atomic mass is 9.93. The van der Waals surface area contributed by atoms with Crippen LogP contribution in [0.25, 0.3) is 0 Å². The molecule has 1 fully saturated rings. The van der Waals surface area contributed by atoms with E-state index >= 15 is 0 Å². The Morgan fingerprint density at radius 2 is 1.87 bits per heavy atom. The van der Waals surface area contributed by atoms with Crippen LogP contribution >= 0.6 is 0 Å². The Balaban J connectivity index is 2.75. The molecule has 0 unspecified atom stereocenters. The normalized spacial score (nSPS) is 19.4. The summed E-state index contributed by atoms with van der Waals surface area (Å²) in [6.07, 6.45) is -0.552. The lowest BCUT2D eigenvalue weighted by molar-refractivity contribution is -0.385. The van der Waals surface area contributed by atoms with Gasteiger partial charge in [0.1, 0.15) is 5.60 Å². The lowest BCUT2D eigenvalue weighted by Crippen LogP contribution is -2.39. The van der Waals surface area contributed by atoms with Crippen LogP contribution in [0.4, 0.5) is 10.5 Å². The molecule has 10 nitrogen and oxygen atoms in total. The minimum atomic E-state index is -3.88. The predicted molar refractivity (Wildman–Crippen MR) is 111 cm³/mol. The van der Waals surface area contributed by atoms with E-state index in [0.29, 0.717) is 0 Å². The molecule has 31 heavy (non-hydrogen) atoms. The fraction of sp³-hybridized carbons (Fsp3) is 0.600. The van der Waals surface area contributed by atoms with Gasteiger partial charge in [0.2, 0.25) is 0 Å². The molecule has 1 aromatic carbocycles. The summed E-state index contributed by atoms with van der Waals surface area (Å²) in [6, 6.07) is 2.27. The van der Waals surface area contributed by atoms with E-state index in [1.807, 2.05) is 0 Å². The van der Waals surface area contributed by atoms with Crippen molar-refractivity contribution in [3.63, 3.8) is 0 Å². The summed E-state index contributed by atoms with van der Waals surface area (Å²) in [5.41, 5.74) is -1.18. The van der Waals surface area contributed by atoms with Crippen LogP contribution in [0.2, 0.25) is 0 Å². The van der Waals surface area contributed by atoms with E-state index in [2.05, 4.69) is 0 Å². The number of benzene rings is 1. The number of carbonyl (C=O) groups excluding carboxylic acids is 2. The molecule has 1 aliphatic rings. The Labute approximate surface area is 181 Å². The number of ether oxygens (including phenoxy) is 2. The van der Waals surface area contributed by atoms with Gasteiger partial charge in [-0.3, -0.25) is 14.9 Å². The van der Waals surface area contributed by atoms with Crippen LogP contribution in [-0.2, 0) is 24.1 Å². The van der Waals surface area contributed by atoms with Crippen LogP contribution in [0.5, 0.6) is 0 Å². The molecule has 0 aromatic heterocycles. The molecule has 0 saturated carbocycles. The van der Waals surface area contributed by atoms with Crippen molar-refractivity contribution in [3.05, 3.63) is 33.9 Å². The van der Waals surface area contributed by atoms with Crippen molar-refractivity contribution in [2.24, 2.45) is 5.92 Å². The SMILES string of the molecule is COC(=O)[C@H]1CCN(C(=O)OC(C)(C)C)[C@@H]1c1cc([N+](=O)[O-])ccc1S(=O)(=O)C(C)C. The quantitative estimate of drug-likeness (QED) is 0.374. The van der Waals surface area contributed by atoms with Crippen molar-refractivity contribution in [2.75, 3.05) is 13.7 Å². The van der Waals surface area contributed by atoms with E-state index in [1.165, 1.54) is 25.9 Å². The monoisotopic (exact) mass is 456 g/mol. The number of amides is 1. The molecule has 0 spiro atoms. The number of hydrogen-bond acceptors (Lipinski definition) is 8. The summed E-state index contributed by atoms with van der Waals surface area (Å²) < 4.78 is 36.3. The summed E-state index contributed by atoms with van der Waals surface area (Å²) in [4.78, 5) is 37.2. The first kappa shape index (κ1) is 24.6. The third-order valence-corrected chi connectivity index (χ3v) is 7.21. The molecule has 2 rings (SSSR count). The minimum absolute atomic E-state index is 0.00154. The highest BCUT2D eigenvalue weighted by Gasteiger charge is 2.46. The third kappa shape index (κ3) is 5.15. The summed E-state index contributed by atoms with van der Waals surface area (Å²) >= 11 is 0. The molecule has 0 radical (unpaired) electrons. The maximum atomic E-state index is 13.0. The van der Waals surface area contributed by atoms with Crippen molar-refractivity contribution in [3.8, 4) is 0 Å². The molecule has 1 aromatic rings. The molecule has 1 aliphatic heterocycles. The van der Waals surface area contributed by atoms with Crippen LogP contribution in [0.3, 0.4) is 0 Å². The van der Waals surface area contributed by atoms with Crippen molar-refractivity contribution in [2.45, 2.75) is 62.8 Å². The van der Waals surface area contributed by atoms with E-state index in [0.717, 1.165) is 18.2 Å². The number of nitro groups is 1. The first-order valence-corrected chi connectivity index (χ1v) is 11.3. The van der Waals surface area contributed by atoms with Crippen molar-refractivity contribution >= 4 is 27.6 Å². The Morgan fingerprint density at radius 1 is 1.26 bits per heavy atom. The second-order valence-corrected chi connectivity index (χ2v) is 11.1. The van der Waals surface area contributed by atoms with Crippen molar-refractivity contribution < 1.29 is 32.4 Å². The maximum absolute atomic E-state index is 13.0. The summed E-state index contributed by atoms with van der Waals surface area (Å²) in [6.45, 7) is 8.10. The van der Waals surface area contributed by atoms with Gasteiger partial charge in [0.05, 0.1) is 34.1 Å². The standard InChI is InChI=1S/C20H28N2O8S/c1-12(2)31(27,28)16-8-7-13(22(25)26)11-15(16)17-14(18(23)29-6)9-10-21(17)19(24)30-20(3,4)5/h7-8,11-12,14,17H,9-10H2,1-6H3/t14-,17-/m0/s1. The topological polar surface area (TPSA) is 133 Å². The van der Waals surface area contributed by atoms with Crippen molar-refractivity contribution in [1.29, 1.82) is 0 Å². The molecule has 11 heteroatoms. The van der Waals surface area contributed by atoms with Crippen molar-refractivity contribution in [1.82, 2.24) is 4.90 Å². The predicted octanol–water partition coefficient (Wildman–Crippen LogP) is 3.25. The number of methoxy groups -OCH3 is 1. The highest BCUT2D eigenvalue weighted by atomic mass is 32.2. The van der Waals surface area contributed by atoms with Gasteiger partial charge in [-0.05, 0) is 47.1 Å². The van der Waals surface area contributed by atoms with Gasteiger partial charge in [-0.2, -0.15) is 0 Å². The fourth-order valence-corrected chi connectivity index (χ4v) is 4.77. The van der Waals surface area contributed by atoms with E-state index < -0.39 is 49.6 Å². The number of carbonyl (C=O) groups is 2. The molecule has 0 aliphatic carbocycles. The van der Waals surface area contributed by atoms with Gasteiger partial charge in [0.25, 0.3) is 5.69 Å². The van der Waals surface area contributed by atoms with Crippen LogP contribution in [0.15, 0.2) is 23.1 Å². The highest BCUT2D eigenvalue weighted by Crippen LogP contribution is 2.43. The summed E-state index contributed by atoms with van der Waals surface area (Å²) in [5.74, 6) is -1.55. The zero-order valence-corrected chi connectivity index (χ0v) is 19.3. The lowest BCUT2D eigenvalue weighted by Gasteiger charge is -2.31. The summed E-state index contributed by atoms with van der Waals surface area (Å²) in [7, 11) is -2.69. The maximum Gasteiger partial charge on any atom is 0.410 e. The van der Waals surface area contributed by atoms with E-state index in [4.69, 9.17) is 9.47 Å². The van der Waals surface area contributed by atoms with Crippen LogP contribution in [-0.4, -0.2) is 54.8 Å².